The molecule has 0 aliphatic heterocycles. The van der Waals surface area contributed by atoms with E-state index in [0.29, 0.717) is 12.0 Å². The lowest BCUT2D eigenvalue weighted by molar-refractivity contribution is -0.161. The van der Waals surface area contributed by atoms with Gasteiger partial charge in [0.1, 0.15) is 0 Å². The molecule has 1 aromatic rings. The van der Waals surface area contributed by atoms with Crippen molar-refractivity contribution in [2.24, 2.45) is 5.92 Å². The molecule has 0 saturated carbocycles. The molecule has 0 aliphatic rings. The lowest BCUT2D eigenvalue weighted by Crippen LogP contribution is -2.30. The van der Waals surface area contributed by atoms with E-state index in [9.17, 15) is 14.4 Å². The Morgan fingerprint density at radius 1 is 1.00 bits per heavy atom. The second kappa shape index (κ2) is 11.0. The van der Waals surface area contributed by atoms with Crippen LogP contribution in [0.1, 0.15) is 42.6 Å². The van der Waals surface area contributed by atoms with Crippen LogP contribution < -0.4 is 0 Å². The van der Waals surface area contributed by atoms with Gasteiger partial charge in [0.15, 0.2) is 11.7 Å². The number of carbonyl (C=O) groups is 3. The predicted octanol–water partition coefficient (Wildman–Crippen LogP) is 3.33. The fourth-order valence-corrected chi connectivity index (χ4v) is 2.46. The smallest absolute Gasteiger partial charge is 0.320 e. The number of alkyl halides is 1. The van der Waals surface area contributed by atoms with Crippen molar-refractivity contribution in [1.29, 1.82) is 0 Å². The third-order valence-electron chi connectivity index (χ3n) is 3.40. The van der Waals surface area contributed by atoms with Gasteiger partial charge in [-0.3, -0.25) is 14.4 Å². The van der Waals surface area contributed by atoms with Gasteiger partial charge in [0.25, 0.3) is 0 Å². The molecular formula is C18H23BrO5. The number of carbonyl (C=O) groups excluding carboxylic acids is 3. The van der Waals surface area contributed by atoms with Crippen molar-refractivity contribution in [1.82, 2.24) is 0 Å². The van der Waals surface area contributed by atoms with E-state index in [1.165, 1.54) is 0 Å². The molecule has 0 fully saturated rings. The molecule has 0 atom stereocenters. The Labute approximate surface area is 150 Å². The second-order valence-corrected chi connectivity index (χ2v) is 5.97. The zero-order valence-corrected chi connectivity index (χ0v) is 15.6. The highest BCUT2D eigenvalue weighted by atomic mass is 79.9. The van der Waals surface area contributed by atoms with Gasteiger partial charge < -0.3 is 9.47 Å². The number of benzene rings is 1. The number of hydrogen-bond acceptors (Lipinski definition) is 5. The molecule has 0 saturated heterocycles. The van der Waals surface area contributed by atoms with E-state index in [1.54, 1.807) is 38.1 Å². The number of rotatable bonds is 10. The molecule has 0 spiro atoms. The first-order valence-corrected chi connectivity index (χ1v) is 9.16. The molecule has 0 amide bonds. The normalized spacial score (nSPS) is 10.5. The monoisotopic (exact) mass is 398 g/mol. The number of halogens is 1. The van der Waals surface area contributed by atoms with Crippen LogP contribution in [0.3, 0.4) is 0 Å². The summed E-state index contributed by atoms with van der Waals surface area (Å²) in [5, 5.41) is 0.789. The Morgan fingerprint density at radius 3 is 2.00 bits per heavy atom. The molecule has 0 unspecified atom stereocenters. The first kappa shape index (κ1) is 20.4. The van der Waals surface area contributed by atoms with Crippen molar-refractivity contribution >= 4 is 33.7 Å². The average Bonchev–Trinajstić information content (AvgIpc) is 2.58. The molecule has 0 heterocycles. The minimum absolute atomic E-state index is 0.0772. The third-order valence-corrected chi connectivity index (χ3v) is 3.96. The van der Waals surface area contributed by atoms with Gasteiger partial charge in [0.05, 0.1) is 13.2 Å². The Morgan fingerprint density at radius 2 is 1.54 bits per heavy atom. The van der Waals surface area contributed by atoms with Crippen molar-refractivity contribution < 1.29 is 23.9 Å². The van der Waals surface area contributed by atoms with Gasteiger partial charge >= 0.3 is 11.9 Å². The van der Waals surface area contributed by atoms with Gasteiger partial charge in [-0.05, 0) is 32.3 Å². The van der Waals surface area contributed by atoms with Gasteiger partial charge in [0.2, 0.25) is 0 Å². The topological polar surface area (TPSA) is 69.7 Å². The summed E-state index contributed by atoms with van der Waals surface area (Å²) in [5.41, 5.74) is 1.40. The predicted molar refractivity (Wildman–Crippen MR) is 94.3 cm³/mol. The van der Waals surface area contributed by atoms with E-state index in [0.717, 1.165) is 17.3 Å². The maximum Gasteiger partial charge on any atom is 0.320 e. The van der Waals surface area contributed by atoms with Crippen molar-refractivity contribution in [3.63, 3.8) is 0 Å². The molecular weight excluding hydrogens is 376 g/mol. The molecule has 0 bridgehead atoms. The zero-order valence-electron chi connectivity index (χ0n) is 14.0. The quantitative estimate of drug-likeness (QED) is 0.261. The van der Waals surface area contributed by atoms with Gasteiger partial charge in [-0.25, -0.2) is 0 Å². The number of Topliss-reactive ketones (excluding diaryl/α,β-unsaturated/α-hetero) is 1. The van der Waals surface area contributed by atoms with E-state index in [2.05, 4.69) is 15.9 Å². The standard InChI is InChI=1S/C18H23BrO5/c1-3-23-17(21)15(18(22)24-4-2)12-13-7-9-14(10-8-13)16(20)6-5-11-19/h7-10,15H,3-6,11-12H2,1-2H3. The minimum atomic E-state index is -0.986. The van der Waals surface area contributed by atoms with Crippen molar-refractivity contribution in [3.05, 3.63) is 35.4 Å². The van der Waals surface area contributed by atoms with Gasteiger partial charge in [-0.15, -0.1) is 0 Å². The summed E-state index contributed by atoms with van der Waals surface area (Å²) in [6.07, 6.45) is 1.46. The SMILES string of the molecule is CCOC(=O)C(Cc1ccc(C(=O)CCCBr)cc1)C(=O)OCC. The van der Waals surface area contributed by atoms with Gasteiger partial charge in [-0.2, -0.15) is 0 Å². The Balaban J connectivity index is 2.80. The largest absolute Gasteiger partial charge is 0.465 e. The summed E-state index contributed by atoms with van der Waals surface area (Å²) < 4.78 is 9.90. The second-order valence-electron chi connectivity index (χ2n) is 5.17. The number of esters is 2. The third kappa shape index (κ3) is 6.43. The molecule has 24 heavy (non-hydrogen) atoms. The lowest BCUT2D eigenvalue weighted by atomic mass is 9.97. The van der Waals surface area contributed by atoms with Crippen LogP contribution in [0.2, 0.25) is 0 Å². The van der Waals surface area contributed by atoms with Crippen molar-refractivity contribution in [3.8, 4) is 0 Å². The molecule has 1 rings (SSSR count). The molecule has 0 radical (unpaired) electrons. The lowest BCUT2D eigenvalue weighted by Gasteiger charge is -2.14. The molecule has 0 aliphatic carbocycles. The highest BCUT2D eigenvalue weighted by Gasteiger charge is 2.29. The van der Waals surface area contributed by atoms with Crippen LogP contribution in [0.15, 0.2) is 24.3 Å². The van der Waals surface area contributed by atoms with E-state index in [-0.39, 0.29) is 25.4 Å². The van der Waals surface area contributed by atoms with E-state index >= 15 is 0 Å². The summed E-state index contributed by atoms with van der Waals surface area (Å²) >= 11 is 3.30. The average molecular weight is 399 g/mol. The van der Waals surface area contributed by atoms with Crippen LogP contribution in [0.25, 0.3) is 0 Å². The van der Waals surface area contributed by atoms with Crippen LogP contribution in [0.5, 0.6) is 0 Å². The Hall–Kier alpha value is -1.69. The van der Waals surface area contributed by atoms with E-state index in [4.69, 9.17) is 9.47 Å². The van der Waals surface area contributed by atoms with Crippen LogP contribution in [-0.4, -0.2) is 36.3 Å². The summed E-state index contributed by atoms with van der Waals surface area (Å²) in [7, 11) is 0. The van der Waals surface area contributed by atoms with Crippen LogP contribution in [-0.2, 0) is 25.5 Å². The van der Waals surface area contributed by atoms with Gasteiger partial charge in [0, 0.05) is 17.3 Å². The minimum Gasteiger partial charge on any atom is -0.465 e. The van der Waals surface area contributed by atoms with Crippen molar-refractivity contribution in [2.45, 2.75) is 33.1 Å². The molecule has 0 N–H and O–H groups in total. The van der Waals surface area contributed by atoms with E-state index in [1.807, 2.05) is 0 Å². The van der Waals surface area contributed by atoms with Crippen LogP contribution >= 0.6 is 15.9 Å². The van der Waals surface area contributed by atoms with Crippen molar-refractivity contribution in [2.75, 3.05) is 18.5 Å². The summed E-state index contributed by atoms with van der Waals surface area (Å²) in [6, 6.07) is 6.96. The number of ketones is 1. The highest BCUT2D eigenvalue weighted by Crippen LogP contribution is 2.15. The molecule has 132 valence electrons. The molecule has 1 aromatic carbocycles. The maximum atomic E-state index is 12.0. The number of ether oxygens (including phenoxy) is 2. The first-order valence-electron chi connectivity index (χ1n) is 8.04. The molecule has 0 aromatic heterocycles. The fourth-order valence-electron chi connectivity index (χ4n) is 2.18. The first-order chi connectivity index (χ1) is 11.5. The fraction of sp³-hybridized carbons (Fsp3) is 0.500. The molecule has 5 nitrogen and oxygen atoms in total. The number of hydrogen-bond donors (Lipinski definition) is 0. The van der Waals surface area contributed by atoms with Crippen LogP contribution in [0, 0.1) is 5.92 Å². The zero-order chi connectivity index (χ0) is 17.9. The maximum absolute atomic E-state index is 12.0. The summed E-state index contributed by atoms with van der Waals surface area (Å²) in [6.45, 7) is 3.78. The molecule has 6 heteroatoms. The van der Waals surface area contributed by atoms with E-state index < -0.39 is 17.9 Å². The summed E-state index contributed by atoms with van der Waals surface area (Å²) in [5.74, 6) is -2.09. The van der Waals surface area contributed by atoms with Crippen LogP contribution in [0.4, 0.5) is 0 Å². The highest BCUT2D eigenvalue weighted by molar-refractivity contribution is 9.09. The Kier molecular flexibility index (Phi) is 9.30. The Bertz CT molecular complexity index is 535. The summed E-state index contributed by atoms with van der Waals surface area (Å²) in [4.78, 5) is 35.9. The van der Waals surface area contributed by atoms with Gasteiger partial charge in [-0.1, -0.05) is 40.2 Å².